The number of piperidine rings is 1. The Hall–Kier alpha value is -3.68. The van der Waals surface area contributed by atoms with E-state index in [4.69, 9.17) is 42.1 Å². The number of carbonyl (C=O) groups excluding carboxylic acids is 7. The van der Waals surface area contributed by atoms with Crippen LogP contribution in [-0.2, 0) is 70.9 Å². The number of aliphatic hydroxyl groups is 1. The molecule has 5 rings (SSSR count). The SMILES string of the molecule is CO[C@H]1C[C@@H](C)C/C(C)=C/[C@@H](CCOC(=O)ON2C(=O)CCC2=O)C(=O)C[C@H](O[Si](C)(C)C(C)(C)C)[C@@H](C)C(/C(C)=C/C2CC[C@@H](O[Si](C)(C)C(C)(C)C)[C@H](OC)C2)OC(=O)[C@@H]2CCCCN2C(=O)C(=O)[C@]2(O)O[C@H]1[C@@H](OC)C[C@H]2C. The Labute approximate surface area is 484 Å². The van der Waals surface area contributed by atoms with E-state index in [0.717, 1.165) is 18.4 Å². The number of Topliss-reactive ketones (excluding diaryl/α,β-unsaturated/α-hetero) is 2. The van der Waals surface area contributed by atoms with Gasteiger partial charge in [-0.05, 0) is 132 Å². The highest BCUT2D eigenvalue weighted by atomic mass is 28.4. The topological polar surface area (TPSA) is 229 Å². The number of ketones is 2. The number of esters is 1. The second kappa shape index (κ2) is 28.0. The molecule has 4 fully saturated rings. The highest BCUT2D eigenvalue weighted by Crippen LogP contribution is 2.44. The molecule has 5 aliphatic rings. The average molecular weight is 1180 g/mol. The van der Waals surface area contributed by atoms with Gasteiger partial charge in [-0.25, -0.2) is 9.59 Å². The van der Waals surface area contributed by atoms with Gasteiger partial charge in [0, 0.05) is 64.9 Å². The van der Waals surface area contributed by atoms with E-state index in [1.807, 2.05) is 33.8 Å². The molecule has 19 nitrogen and oxygen atoms in total. The molecule has 4 aliphatic heterocycles. The molecule has 4 heterocycles. The summed E-state index contributed by atoms with van der Waals surface area (Å²) < 4.78 is 50.9. The molecule has 81 heavy (non-hydrogen) atoms. The number of hydrogen-bond donors (Lipinski definition) is 1. The molecule has 3 amide bonds. The summed E-state index contributed by atoms with van der Waals surface area (Å²) in [6, 6.07) is -1.20. The lowest BCUT2D eigenvalue weighted by atomic mass is 9.81. The molecule has 14 atom stereocenters. The van der Waals surface area contributed by atoms with Gasteiger partial charge in [0.05, 0.1) is 37.1 Å². The maximum atomic E-state index is 15.3. The maximum absolute atomic E-state index is 15.3. The van der Waals surface area contributed by atoms with E-state index in [1.165, 1.54) is 19.1 Å². The van der Waals surface area contributed by atoms with Gasteiger partial charge < -0.3 is 47.3 Å². The van der Waals surface area contributed by atoms with Crippen LogP contribution in [0.3, 0.4) is 0 Å². The van der Waals surface area contributed by atoms with Crippen molar-refractivity contribution in [1.82, 2.24) is 9.96 Å². The van der Waals surface area contributed by atoms with Crippen LogP contribution >= 0.6 is 0 Å². The van der Waals surface area contributed by atoms with Crippen molar-refractivity contribution in [1.29, 1.82) is 0 Å². The number of carbonyl (C=O) groups is 7. The number of hydrogen-bond acceptors (Lipinski definition) is 17. The smallest absolute Gasteiger partial charge is 0.456 e. The molecular weight excluding hydrogens is 1080 g/mol. The summed E-state index contributed by atoms with van der Waals surface area (Å²) in [5.41, 5.74) is 1.54. The summed E-state index contributed by atoms with van der Waals surface area (Å²) in [4.78, 5) is 104. The Morgan fingerprint density at radius 2 is 1.36 bits per heavy atom. The molecule has 460 valence electrons. The molecule has 0 radical (unpaired) electrons. The lowest BCUT2D eigenvalue weighted by Crippen LogP contribution is -2.64. The number of ether oxygens (including phenoxy) is 6. The number of imide groups is 1. The number of nitrogens with zero attached hydrogens (tertiary/aromatic N) is 2. The van der Waals surface area contributed by atoms with E-state index in [-0.39, 0.29) is 91.6 Å². The first-order valence-corrected chi connectivity index (χ1v) is 35.4. The van der Waals surface area contributed by atoms with Crippen molar-refractivity contribution in [3.8, 4) is 0 Å². The predicted molar refractivity (Wildman–Crippen MR) is 308 cm³/mol. The van der Waals surface area contributed by atoms with Crippen LogP contribution in [0.2, 0.25) is 36.3 Å². The molecule has 21 heteroatoms. The fourth-order valence-electron chi connectivity index (χ4n) is 11.7. The highest BCUT2D eigenvalue weighted by Gasteiger charge is 2.57. The summed E-state index contributed by atoms with van der Waals surface area (Å²) in [7, 11) is -0.177. The van der Waals surface area contributed by atoms with E-state index in [1.54, 1.807) is 14.0 Å². The van der Waals surface area contributed by atoms with Crippen LogP contribution < -0.4 is 0 Å². The minimum atomic E-state index is -2.74. The van der Waals surface area contributed by atoms with Crippen LogP contribution in [0.1, 0.15) is 160 Å². The number of hydroxylamine groups is 2. The fraction of sp³-hybridized carbons (Fsp3) is 0.817. The van der Waals surface area contributed by atoms with E-state index < -0.39 is 112 Å². The molecule has 1 aliphatic carbocycles. The largest absolute Gasteiger partial charge is 0.533 e. The summed E-state index contributed by atoms with van der Waals surface area (Å²) in [5, 5.41) is 12.5. The number of fused-ring (bicyclic) bond motifs is 3. The molecule has 0 aromatic carbocycles. The van der Waals surface area contributed by atoms with Gasteiger partial charge in [-0.15, -0.1) is 0 Å². The Kier molecular flexibility index (Phi) is 23.6. The van der Waals surface area contributed by atoms with Gasteiger partial charge in [-0.2, -0.15) is 0 Å². The van der Waals surface area contributed by atoms with E-state index in [0.29, 0.717) is 42.7 Å². The molecule has 3 saturated heterocycles. The van der Waals surface area contributed by atoms with Gasteiger partial charge in [0.25, 0.3) is 23.5 Å². The molecule has 0 aromatic rings. The van der Waals surface area contributed by atoms with E-state index in [9.17, 15) is 29.1 Å². The van der Waals surface area contributed by atoms with E-state index in [2.05, 4.69) is 73.8 Å². The molecule has 1 saturated carbocycles. The van der Waals surface area contributed by atoms with Gasteiger partial charge in [0.2, 0.25) is 5.79 Å². The van der Waals surface area contributed by atoms with Crippen molar-refractivity contribution in [3.05, 3.63) is 23.3 Å². The molecule has 0 aromatic heterocycles. The zero-order chi connectivity index (χ0) is 60.7. The summed E-state index contributed by atoms with van der Waals surface area (Å²) in [6.07, 6.45) is 2.30. The first-order valence-electron chi connectivity index (χ1n) is 29.6. The lowest BCUT2D eigenvalue weighted by molar-refractivity contribution is -0.302. The minimum Gasteiger partial charge on any atom is -0.456 e. The Balaban J connectivity index is 1.64. The summed E-state index contributed by atoms with van der Waals surface area (Å²) in [6.45, 7) is 30.7. The van der Waals surface area contributed by atoms with Gasteiger partial charge in [-0.3, -0.25) is 28.8 Å². The molecule has 0 spiro atoms. The zero-order valence-corrected chi connectivity index (χ0v) is 54.1. The Morgan fingerprint density at radius 1 is 0.778 bits per heavy atom. The number of allylic oxidation sites excluding steroid dienone is 3. The van der Waals surface area contributed by atoms with Gasteiger partial charge in [0.1, 0.15) is 24.0 Å². The van der Waals surface area contributed by atoms with Crippen molar-refractivity contribution in [2.45, 2.75) is 250 Å². The number of cyclic esters (lactones) is 1. The first-order chi connectivity index (χ1) is 37.6. The number of rotatable bonds is 13. The number of methoxy groups -OCH3 is 3. The van der Waals surface area contributed by atoms with Crippen LogP contribution in [0.25, 0.3) is 0 Å². The summed E-state index contributed by atoms with van der Waals surface area (Å²) in [5.74, 6) is -9.68. The third-order valence-corrected chi connectivity index (χ3v) is 27.7. The normalized spacial score (nSPS) is 34.2. The van der Waals surface area contributed by atoms with Gasteiger partial charge in [-0.1, -0.05) is 85.1 Å². The second-order valence-corrected chi connectivity index (χ2v) is 36.5. The molecule has 2 unspecified atom stereocenters. The van der Waals surface area contributed by atoms with Crippen molar-refractivity contribution in [2.24, 2.45) is 29.6 Å². The fourth-order valence-corrected chi connectivity index (χ4v) is 14.5. The van der Waals surface area contributed by atoms with Gasteiger partial charge >= 0.3 is 12.1 Å². The molecule has 2 bridgehead atoms. The predicted octanol–water partition coefficient (Wildman–Crippen LogP) is 9.73. The van der Waals surface area contributed by atoms with Crippen molar-refractivity contribution >= 4 is 58.0 Å². The quantitative estimate of drug-likeness (QED) is 0.0595. The highest BCUT2D eigenvalue weighted by molar-refractivity contribution is 6.74. The third-order valence-electron chi connectivity index (χ3n) is 18.7. The second-order valence-electron chi connectivity index (χ2n) is 27.0. The zero-order valence-electron chi connectivity index (χ0n) is 52.1. The van der Waals surface area contributed by atoms with Crippen LogP contribution in [0.5, 0.6) is 0 Å². The van der Waals surface area contributed by atoms with Gasteiger partial charge in [0.15, 0.2) is 16.6 Å². The Morgan fingerprint density at radius 3 is 1.94 bits per heavy atom. The summed E-state index contributed by atoms with van der Waals surface area (Å²) >= 11 is 0. The van der Waals surface area contributed by atoms with Crippen molar-refractivity contribution in [2.75, 3.05) is 34.5 Å². The number of amides is 3. The lowest BCUT2D eigenvalue weighted by Gasteiger charge is -2.47. The minimum absolute atomic E-state index is 0.00431. The molecular formula is C60H100N2O17Si2. The van der Waals surface area contributed by atoms with Crippen LogP contribution in [0, 0.1) is 29.6 Å². The van der Waals surface area contributed by atoms with E-state index >= 15 is 9.59 Å². The monoisotopic (exact) mass is 1180 g/mol. The van der Waals surface area contributed by atoms with Crippen LogP contribution in [0.15, 0.2) is 23.3 Å². The van der Waals surface area contributed by atoms with Crippen LogP contribution in [-0.4, -0.2) is 162 Å². The van der Waals surface area contributed by atoms with Crippen molar-refractivity contribution < 1.29 is 80.8 Å². The van der Waals surface area contributed by atoms with Crippen LogP contribution in [0.4, 0.5) is 4.79 Å². The average Bonchev–Trinajstić information content (AvgIpc) is 3.91. The van der Waals surface area contributed by atoms with Crippen molar-refractivity contribution in [3.63, 3.8) is 0 Å². The standard InChI is InChI=1S/C60H100N2O17Si2/c1-36-29-37(2)31-48(72-13)53-49(73-14)33-39(4)60(70,76-53)54(66)55(67)61-27-20-19-21-43(61)56(68)75-52(38(3)32-41-22-23-45(47(34-41)71-12)78-80(15,16)58(6,7)8)40(5)46(79-81(17,18)59(9,10)11)35-44(63)42(30-36)26-28-74-57(69)77-62-50(64)24-25-51(62)65/h30,32,37,39-43,45-49,52-53,70H,19-29,31,33-35H2,1-18H3/b36-30+,38-32+/t37-,39+,40+,41?,42+,43-,45+,46-,47+,48-,49-,52?,53+,60+/m0/s1. The Bertz CT molecular complexity index is 2290. The maximum Gasteiger partial charge on any atom is 0.533 e. The molecule has 1 N–H and O–H groups in total. The first kappa shape index (κ1) is 68.1. The third kappa shape index (κ3) is 16.8.